The molecule has 0 radical (unpaired) electrons. The van der Waals surface area contributed by atoms with Crippen molar-refractivity contribution in [1.29, 1.82) is 0 Å². The van der Waals surface area contributed by atoms with E-state index in [1.165, 1.54) is 29.8 Å². The number of amides is 1. The zero-order chi connectivity index (χ0) is 19.6. The number of hydrogen-bond acceptors (Lipinski definition) is 3. The molecule has 0 saturated carbocycles. The van der Waals surface area contributed by atoms with Crippen LogP contribution in [0.15, 0.2) is 54.6 Å². The Labute approximate surface area is 166 Å². The first-order valence-corrected chi connectivity index (χ1v) is 10.1. The second-order valence-electron chi connectivity index (χ2n) is 7.35. The van der Waals surface area contributed by atoms with Crippen LogP contribution in [0.1, 0.15) is 41.6 Å². The van der Waals surface area contributed by atoms with Gasteiger partial charge in [-0.2, -0.15) is 0 Å². The highest BCUT2D eigenvalue weighted by Gasteiger charge is 2.25. The molecule has 1 amide bonds. The number of ether oxygens (including phenoxy) is 1. The summed E-state index contributed by atoms with van der Waals surface area (Å²) in [7, 11) is 0. The molecule has 3 rings (SSSR count). The predicted octanol–water partition coefficient (Wildman–Crippen LogP) is 3.92. The fraction of sp³-hybridized carbons (Fsp3) is 0.435. The van der Waals surface area contributed by atoms with Gasteiger partial charge < -0.3 is 15.4 Å². The lowest BCUT2D eigenvalue weighted by atomic mass is 9.87. The van der Waals surface area contributed by atoms with Gasteiger partial charge in [0, 0.05) is 18.2 Å². The molecule has 28 heavy (non-hydrogen) atoms. The lowest BCUT2D eigenvalue weighted by Gasteiger charge is -2.31. The molecule has 2 N–H and O–H groups in total. The molecule has 1 atom stereocenters. The van der Waals surface area contributed by atoms with Gasteiger partial charge in [0.25, 0.3) is 5.91 Å². The quantitative estimate of drug-likeness (QED) is 0.644. The average molecular weight is 384 g/mol. The number of benzene rings is 2. The van der Waals surface area contributed by atoms with Crippen molar-refractivity contribution in [2.24, 2.45) is 5.92 Å². The first-order chi connectivity index (χ1) is 13.7. The average Bonchev–Trinajstić information content (AvgIpc) is 2.74. The number of carbonyl (C=O) groups excluding carboxylic acids is 1. The summed E-state index contributed by atoms with van der Waals surface area (Å²) in [5, 5.41) is 6.56. The molecule has 0 aromatic heterocycles. The Hall–Kier alpha value is -2.24. The SMILES string of the molecule is O=C(NC(CCCOCc1ccccc1)C1CCNCC1)c1ccc(F)cc1. The lowest BCUT2D eigenvalue weighted by molar-refractivity contribution is 0.0886. The van der Waals surface area contributed by atoms with E-state index in [1.807, 2.05) is 18.2 Å². The van der Waals surface area contributed by atoms with E-state index < -0.39 is 0 Å². The molecular formula is C23H29FN2O2. The zero-order valence-corrected chi connectivity index (χ0v) is 16.2. The minimum Gasteiger partial charge on any atom is -0.377 e. The van der Waals surface area contributed by atoms with E-state index in [0.29, 0.717) is 24.7 Å². The van der Waals surface area contributed by atoms with Crippen molar-refractivity contribution in [3.63, 3.8) is 0 Å². The van der Waals surface area contributed by atoms with Crippen LogP contribution in [0.2, 0.25) is 0 Å². The van der Waals surface area contributed by atoms with Crippen LogP contribution >= 0.6 is 0 Å². The predicted molar refractivity (Wildman–Crippen MR) is 109 cm³/mol. The van der Waals surface area contributed by atoms with Crippen LogP contribution in [0, 0.1) is 11.7 Å². The van der Waals surface area contributed by atoms with Crippen LogP contribution in [0.5, 0.6) is 0 Å². The van der Waals surface area contributed by atoms with Gasteiger partial charge in [0.2, 0.25) is 0 Å². The number of piperidine rings is 1. The van der Waals surface area contributed by atoms with Gasteiger partial charge >= 0.3 is 0 Å². The van der Waals surface area contributed by atoms with Crippen molar-refractivity contribution in [2.75, 3.05) is 19.7 Å². The van der Waals surface area contributed by atoms with Crippen LogP contribution in [-0.2, 0) is 11.3 Å². The third kappa shape index (κ3) is 6.43. The number of rotatable bonds is 9. The molecule has 0 aliphatic carbocycles. The summed E-state index contributed by atoms with van der Waals surface area (Å²) in [5.41, 5.74) is 1.67. The monoisotopic (exact) mass is 384 g/mol. The number of carbonyl (C=O) groups is 1. The summed E-state index contributed by atoms with van der Waals surface area (Å²) >= 11 is 0. The Kier molecular flexibility index (Phi) is 8.00. The third-order valence-corrected chi connectivity index (χ3v) is 5.29. The summed E-state index contributed by atoms with van der Waals surface area (Å²) in [5.74, 6) is -0.00414. The fourth-order valence-electron chi connectivity index (χ4n) is 3.69. The largest absolute Gasteiger partial charge is 0.377 e. The van der Waals surface area contributed by atoms with Crippen molar-refractivity contribution in [1.82, 2.24) is 10.6 Å². The standard InChI is InChI=1S/C23H29FN2O2/c24-21-10-8-20(9-11-21)23(27)26-22(19-12-14-25-15-13-19)7-4-16-28-17-18-5-2-1-3-6-18/h1-3,5-6,8-11,19,22,25H,4,7,12-17H2,(H,26,27). The van der Waals surface area contributed by atoms with Crippen molar-refractivity contribution in [3.8, 4) is 0 Å². The summed E-state index contributed by atoms with van der Waals surface area (Å²) in [6, 6.07) is 16.0. The van der Waals surface area contributed by atoms with E-state index in [1.54, 1.807) is 0 Å². The number of hydrogen-bond donors (Lipinski definition) is 2. The summed E-state index contributed by atoms with van der Waals surface area (Å²) < 4.78 is 18.9. The summed E-state index contributed by atoms with van der Waals surface area (Å²) in [6.45, 7) is 3.25. The van der Waals surface area contributed by atoms with Crippen LogP contribution in [0.25, 0.3) is 0 Å². The molecule has 1 fully saturated rings. The van der Waals surface area contributed by atoms with Gasteiger partial charge in [0.05, 0.1) is 6.61 Å². The smallest absolute Gasteiger partial charge is 0.251 e. The molecule has 1 saturated heterocycles. The maximum Gasteiger partial charge on any atom is 0.251 e. The molecular weight excluding hydrogens is 355 g/mol. The van der Waals surface area contributed by atoms with Crippen LogP contribution in [-0.4, -0.2) is 31.6 Å². The molecule has 2 aromatic carbocycles. The van der Waals surface area contributed by atoms with Gasteiger partial charge in [0.15, 0.2) is 0 Å². The maximum absolute atomic E-state index is 13.1. The van der Waals surface area contributed by atoms with Gasteiger partial charge in [-0.25, -0.2) is 4.39 Å². The molecule has 0 spiro atoms. The molecule has 2 aromatic rings. The minimum absolute atomic E-state index is 0.111. The zero-order valence-electron chi connectivity index (χ0n) is 16.2. The van der Waals surface area contributed by atoms with E-state index in [4.69, 9.17) is 4.74 Å². The second-order valence-corrected chi connectivity index (χ2v) is 7.35. The van der Waals surface area contributed by atoms with Crippen molar-refractivity contribution < 1.29 is 13.9 Å². The lowest BCUT2D eigenvalue weighted by Crippen LogP contribution is -2.44. The topological polar surface area (TPSA) is 50.4 Å². The summed E-state index contributed by atoms with van der Waals surface area (Å²) in [6.07, 6.45) is 3.88. The highest BCUT2D eigenvalue weighted by atomic mass is 19.1. The Bertz CT molecular complexity index is 715. The van der Waals surface area contributed by atoms with Gasteiger partial charge in [-0.1, -0.05) is 30.3 Å². The van der Waals surface area contributed by atoms with Gasteiger partial charge in [0.1, 0.15) is 5.82 Å². The summed E-state index contributed by atoms with van der Waals surface area (Å²) in [4.78, 5) is 12.6. The van der Waals surface area contributed by atoms with Gasteiger partial charge in [-0.05, 0) is 74.5 Å². The molecule has 1 heterocycles. The van der Waals surface area contributed by atoms with E-state index in [0.717, 1.165) is 38.8 Å². The molecule has 0 bridgehead atoms. The van der Waals surface area contributed by atoms with Crippen molar-refractivity contribution in [2.45, 2.75) is 38.3 Å². The molecule has 150 valence electrons. The van der Waals surface area contributed by atoms with E-state index in [-0.39, 0.29) is 17.8 Å². The highest BCUT2D eigenvalue weighted by Crippen LogP contribution is 2.21. The number of nitrogens with one attached hydrogen (secondary N) is 2. The third-order valence-electron chi connectivity index (χ3n) is 5.29. The Morgan fingerprint density at radius 1 is 1.11 bits per heavy atom. The van der Waals surface area contributed by atoms with E-state index >= 15 is 0 Å². The van der Waals surface area contributed by atoms with Crippen molar-refractivity contribution in [3.05, 3.63) is 71.5 Å². The Balaban J connectivity index is 1.50. The Morgan fingerprint density at radius 2 is 1.82 bits per heavy atom. The van der Waals surface area contributed by atoms with Gasteiger partial charge in [-0.3, -0.25) is 4.79 Å². The fourth-order valence-corrected chi connectivity index (χ4v) is 3.69. The molecule has 4 nitrogen and oxygen atoms in total. The van der Waals surface area contributed by atoms with Crippen LogP contribution in [0.3, 0.4) is 0 Å². The minimum atomic E-state index is -0.331. The van der Waals surface area contributed by atoms with E-state index in [9.17, 15) is 9.18 Å². The maximum atomic E-state index is 13.1. The molecule has 1 unspecified atom stereocenters. The number of halogens is 1. The molecule has 5 heteroatoms. The highest BCUT2D eigenvalue weighted by molar-refractivity contribution is 5.94. The molecule has 1 aliphatic rings. The van der Waals surface area contributed by atoms with Crippen molar-refractivity contribution >= 4 is 5.91 Å². The first kappa shape index (κ1) is 20.5. The van der Waals surface area contributed by atoms with Crippen LogP contribution < -0.4 is 10.6 Å². The van der Waals surface area contributed by atoms with E-state index in [2.05, 4.69) is 22.8 Å². The van der Waals surface area contributed by atoms with Crippen LogP contribution in [0.4, 0.5) is 4.39 Å². The molecule has 1 aliphatic heterocycles. The van der Waals surface area contributed by atoms with Gasteiger partial charge in [-0.15, -0.1) is 0 Å². The normalized spacial score (nSPS) is 15.9. The second kappa shape index (κ2) is 10.9. The first-order valence-electron chi connectivity index (χ1n) is 10.1. The Morgan fingerprint density at radius 3 is 2.54 bits per heavy atom.